The average Bonchev–Trinajstić information content (AvgIpc) is 3.44. The van der Waals surface area contributed by atoms with Crippen LogP contribution in [-0.4, -0.2) is 41.1 Å². The Morgan fingerprint density at radius 1 is 0.938 bits per heavy atom. The van der Waals surface area contributed by atoms with Gasteiger partial charge in [0.05, 0.1) is 21.4 Å². The number of thiazole rings is 1. The molecule has 2 aromatic carbocycles. The number of nitrogen functional groups attached to an aromatic ring is 1. The number of benzene rings is 2. The molecule has 0 aliphatic carbocycles. The topological polar surface area (TPSA) is 80.0 Å². The summed E-state index contributed by atoms with van der Waals surface area (Å²) in [6, 6.07) is 14.4. The van der Waals surface area contributed by atoms with E-state index in [4.69, 9.17) is 15.7 Å². The molecule has 0 bridgehead atoms. The zero-order chi connectivity index (χ0) is 21.5. The van der Waals surface area contributed by atoms with Gasteiger partial charge in [-0.15, -0.1) is 11.3 Å². The van der Waals surface area contributed by atoms with Gasteiger partial charge in [-0.25, -0.2) is 15.0 Å². The van der Waals surface area contributed by atoms with Crippen LogP contribution < -0.4 is 16.0 Å². The Balaban J connectivity index is 1.41. The fourth-order valence-electron chi connectivity index (χ4n) is 5.04. The lowest BCUT2D eigenvalue weighted by Crippen LogP contribution is -2.27. The molecule has 2 atom stereocenters. The number of nitrogens with two attached hydrogens (primary N) is 1. The minimum Gasteiger partial charge on any atom is -0.399 e. The Morgan fingerprint density at radius 2 is 1.69 bits per heavy atom. The third-order valence-corrected chi connectivity index (χ3v) is 7.71. The summed E-state index contributed by atoms with van der Waals surface area (Å²) >= 11 is 1.66. The SMILES string of the molecule is Nc1ccc(-c2nc(N3CCC4CNCC4CC3)ncc2-c2ccc3scnc3c2)cc1. The van der Waals surface area contributed by atoms with Crippen LogP contribution in [0.25, 0.3) is 32.6 Å². The highest BCUT2D eigenvalue weighted by Gasteiger charge is 2.31. The highest BCUT2D eigenvalue weighted by molar-refractivity contribution is 7.16. The van der Waals surface area contributed by atoms with Gasteiger partial charge in [0.15, 0.2) is 0 Å². The molecular weight excluding hydrogens is 416 g/mol. The Kier molecular flexibility index (Phi) is 5.00. The van der Waals surface area contributed by atoms with Crippen LogP contribution in [0.5, 0.6) is 0 Å². The third kappa shape index (κ3) is 3.61. The Morgan fingerprint density at radius 3 is 2.47 bits per heavy atom. The second kappa shape index (κ2) is 8.15. The molecule has 7 heteroatoms. The minimum absolute atomic E-state index is 0.751. The quantitative estimate of drug-likeness (QED) is 0.457. The zero-order valence-electron chi connectivity index (χ0n) is 17.9. The summed E-state index contributed by atoms with van der Waals surface area (Å²) in [6.07, 6.45) is 4.37. The molecule has 4 aromatic rings. The monoisotopic (exact) mass is 442 g/mol. The van der Waals surface area contributed by atoms with Gasteiger partial charge >= 0.3 is 0 Å². The van der Waals surface area contributed by atoms with Crippen LogP contribution in [-0.2, 0) is 0 Å². The van der Waals surface area contributed by atoms with Crippen molar-refractivity contribution in [1.82, 2.24) is 20.3 Å². The van der Waals surface area contributed by atoms with Crippen molar-refractivity contribution in [3.63, 3.8) is 0 Å². The maximum absolute atomic E-state index is 5.96. The highest BCUT2D eigenvalue weighted by atomic mass is 32.1. The van der Waals surface area contributed by atoms with Crippen molar-refractivity contribution in [2.75, 3.05) is 36.8 Å². The first-order valence-corrected chi connectivity index (χ1v) is 12.1. The van der Waals surface area contributed by atoms with E-state index in [2.05, 4.69) is 33.4 Å². The normalized spacial score (nSPS) is 20.9. The van der Waals surface area contributed by atoms with E-state index < -0.39 is 0 Å². The standard InChI is InChI=1S/C25H26N6S/c26-20-4-1-16(2-5-20)24-21(17-3-6-23-22(11-17)29-15-32-23)14-28-25(30-24)31-9-7-18-12-27-13-19(18)8-10-31/h1-6,11,14-15,18-19,27H,7-10,12-13,26H2. The van der Waals surface area contributed by atoms with Crippen molar-refractivity contribution < 1.29 is 0 Å². The van der Waals surface area contributed by atoms with Crippen LogP contribution in [0.2, 0.25) is 0 Å². The lowest BCUT2D eigenvalue weighted by molar-refractivity contribution is 0.409. The first-order chi connectivity index (χ1) is 15.7. The summed E-state index contributed by atoms with van der Waals surface area (Å²) in [7, 11) is 0. The summed E-state index contributed by atoms with van der Waals surface area (Å²) in [5.74, 6) is 2.38. The van der Waals surface area contributed by atoms with Gasteiger partial charge in [-0.2, -0.15) is 0 Å². The lowest BCUT2D eigenvalue weighted by Gasteiger charge is -2.22. The molecule has 0 radical (unpaired) electrons. The summed E-state index contributed by atoms with van der Waals surface area (Å²) in [5, 5.41) is 3.55. The number of rotatable bonds is 3. The van der Waals surface area contributed by atoms with Crippen molar-refractivity contribution in [3.8, 4) is 22.4 Å². The summed E-state index contributed by atoms with van der Waals surface area (Å²) < 4.78 is 1.19. The molecular formula is C25H26N6S. The number of nitrogens with zero attached hydrogens (tertiary/aromatic N) is 4. The second-order valence-corrected chi connectivity index (χ2v) is 9.72. The van der Waals surface area contributed by atoms with Crippen LogP contribution in [0.4, 0.5) is 11.6 Å². The van der Waals surface area contributed by atoms with Gasteiger partial charge in [0.1, 0.15) is 0 Å². The number of hydrogen-bond donors (Lipinski definition) is 2. The van der Waals surface area contributed by atoms with E-state index in [1.165, 1.54) is 17.5 Å². The first-order valence-electron chi connectivity index (χ1n) is 11.3. The van der Waals surface area contributed by atoms with E-state index in [-0.39, 0.29) is 0 Å². The molecule has 2 aliphatic rings. The van der Waals surface area contributed by atoms with E-state index >= 15 is 0 Å². The number of aromatic nitrogens is 3. The van der Waals surface area contributed by atoms with Crippen LogP contribution in [0.3, 0.4) is 0 Å². The molecule has 32 heavy (non-hydrogen) atoms. The molecule has 2 aliphatic heterocycles. The molecule has 4 heterocycles. The Labute approximate surface area is 191 Å². The maximum atomic E-state index is 5.96. The number of hydrogen-bond acceptors (Lipinski definition) is 7. The average molecular weight is 443 g/mol. The van der Waals surface area contributed by atoms with Crippen molar-refractivity contribution in [2.24, 2.45) is 11.8 Å². The molecule has 2 aromatic heterocycles. The molecule has 3 N–H and O–H groups in total. The van der Waals surface area contributed by atoms with Gasteiger partial charge in [0.2, 0.25) is 5.95 Å². The lowest BCUT2D eigenvalue weighted by atomic mass is 9.92. The predicted octanol–water partition coefficient (Wildman–Crippen LogP) is 4.44. The van der Waals surface area contributed by atoms with Gasteiger partial charge in [-0.3, -0.25) is 0 Å². The first kappa shape index (κ1) is 19.6. The van der Waals surface area contributed by atoms with E-state index in [9.17, 15) is 0 Å². The molecule has 2 unspecified atom stereocenters. The van der Waals surface area contributed by atoms with Crippen molar-refractivity contribution in [1.29, 1.82) is 0 Å². The fraction of sp³-hybridized carbons (Fsp3) is 0.320. The van der Waals surface area contributed by atoms with Crippen molar-refractivity contribution >= 4 is 33.2 Å². The zero-order valence-corrected chi connectivity index (χ0v) is 18.7. The number of nitrogens with one attached hydrogen (secondary N) is 1. The van der Waals surface area contributed by atoms with E-state index in [0.29, 0.717) is 0 Å². The van der Waals surface area contributed by atoms with E-state index in [1.54, 1.807) is 11.3 Å². The summed E-state index contributed by atoms with van der Waals surface area (Å²) in [5.41, 5.74) is 13.7. The molecule has 6 nitrogen and oxygen atoms in total. The fourth-order valence-corrected chi connectivity index (χ4v) is 5.70. The number of fused-ring (bicyclic) bond motifs is 2. The van der Waals surface area contributed by atoms with E-state index in [0.717, 1.165) is 77.6 Å². The maximum Gasteiger partial charge on any atom is 0.225 e. The number of anilines is 2. The molecule has 162 valence electrons. The summed E-state index contributed by atoms with van der Waals surface area (Å²) in [4.78, 5) is 16.8. The smallest absolute Gasteiger partial charge is 0.225 e. The second-order valence-electron chi connectivity index (χ2n) is 8.83. The molecule has 0 amide bonds. The molecule has 0 saturated carbocycles. The molecule has 6 rings (SSSR count). The van der Waals surface area contributed by atoms with Crippen molar-refractivity contribution in [3.05, 3.63) is 54.2 Å². The summed E-state index contributed by atoms with van der Waals surface area (Å²) in [6.45, 7) is 4.31. The van der Waals surface area contributed by atoms with E-state index in [1.807, 2.05) is 36.0 Å². The Bertz CT molecular complexity index is 1240. The van der Waals surface area contributed by atoms with Crippen LogP contribution in [0, 0.1) is 11.8 Å². The van der Waals surface area contributed by atoms with Gasteiger partial charge in [0, 0.05) is 36.1 Å². The third-order valence-electron chi connectivity index (χ3n) is 6.90. The van der Waals surface area contributed by atoms with Gasteiger partial charge in [-0.1, -0.05) is 18.2 Å². The van der Waals surface area contributed by atoms with Gasteiger partial charge < -0.3 is 16.0 Å². The molecule has 2 fully saturated rings. The largest absolute Gasteiger partial charge is 0.399 e. The van der Waals surface area contributed by atoms with Gasteiger partial charge in [-0.05, 0) is 67.6 Å². The highest BCUT2D eigenvalue weighted by Crippen LogP contribution is 2.35. The van der Waals surface area contributed by atoms with Crippen molar-refractivity contribution in [2.45, 2.75) is 12.8 Å². The van der Waals surface area contributed by atoms with Crippen LogP contribution in [0.1, 0.15) is 12.8 Å². The van der Waals surface area contributed by atoms with Crippen LogP contribution >= 0.6 is 11.3 Å². The van der Waals surface area contributed by atoms with Gasteiger partial charge in [0.25, 0.3) is 0 Å². The molecule has 2 saturated heterocycles. The Hall–Kier alpha value is -3.03. The minimum atomic E-state index is 0.751. The predicted molar refractivity (Wildman–Crippen MR) is 132 cm³/mol. The van der Waals surface area contributed by atoms with Crippen LogP contribution in [0.15, 0.2) is 54.2 Å². The molecule has 0 spiro atoms.